The second kappa shape index (κ2) is 9.23. The Balaban J connectivity index is 1.67. The van der Waals surface area contributed by atoms with Gasteiger partial charge in [0.1, 0.15) is 19.3 Å². The van der Waals surface area contributed by atoms with Gasteiger partial charge in [0.05, 0.1) is 11.6 Å². The van der Waals surface area contributed by atoms with Crippen LogP contribution in [0.4, 0.5) is 8.78 Å². The molecule has 0 radical (unpaired) electrons. The highest BCUT2D eigenvalue weighted by Gasteiger charge is 2.53. The third kappa shape index (κ3) is 3.81. The Morgan fingerprint density at radius 3 is 2.59 bits per heavy atom. The molecule has 39 heavy (non-hydrogen) atoms. The first-order valence-electron chi connectivity index (χ1n) is 12.7. The third-order valence-corrected chi connectivity index (χ3v) is 8.01. The van der Waals surface area contributed by atoms with E-state index in [4.69, 9.17) is 9.47 Å². The molecule has 1 saturated carbocycles. The summed E-state index contributed by atoms with van der Waals surface area (Å²) in [5, 5.41) is 12.6. The van der Waals surface area contributed by atoms with Gasteiger partial charge in [-0.2, -0.15) is 4.39 Å². The van der Waals surface area contributed by atoms with Gasteiger partial charge in [0.2, 0.25) is 11.2 Å². The zero-order chi connectivity index (χ0) is 27.5. The number of hydrogen-bond donors (Lipinski definition) is 1. The van der Waals surface area contributed by atoms with Crippen molar-refractivity contribution in [3.63, 3.8) is 0 Å². The normalized spacial score (nSPS) is 24.8. The molecule has 3 aliphatic rings. The highest BCUT2D eigenvalue weighted by Crippen LogP contribution is 2.46. The van der Waals surface area contributed by atoms with Crippen LogP contribution in [0.15, 0.2) is 65.6 Å². The summed E-state index contributed by atoms with van der Waals surface area (Å²) >= 11 is 0. The molecule has 1 aliphatic carbocycles. The summed E-state index contributed by atoms with van der Waals surface area (Å²) in [6.07, 6.45) is 5.76. The number of benzene rings is 2. The van der Waals surface area contributed by atoms with Crippen LogP contribution in [-0.2, 0) is 4.74 Å². The lowest BCUT2D eigenvalue weighted by molar-refractivity contribution is -0.0602. The molecule has 3 aromatic rings. The van der Waals surface area contributed by atoms with Crippen molar-refractivity contribution in [2.75, 3.05) is 25.4 Å². The maximum absolute atomic E-state index is 15.3. The van der Waals surface area contributed by atoms with Crippen molar-refractivity contribution in [1.29, 1.82) is 0 Å². The zero-order valence-corrected chi connectivity index (χ0v) is 21.4. The molecule has 6 rings (SSSR count). The smallest absolute Gasteiger partial charge is 0.278 e. The molecule has 2 bridgehead atoms. The fourth-order valence-electron chi connectivity index (χ4n) is 5.92. The largest absolute Gasteiger partial charge is 0.502 e. The van der Waals surface area contributed by atoms with E-state index in [9.17, 15) is 19.1 Å². The second-order valence-corrected chi connectivity index (χ2v) is 10.2. The van der Waals surface area contributed by atoms with Gasteiger partial charge in [-0.3, -0.25) is 19.3 Å². The van der Waals surface area contributed by atoms with Crippen molar-refractivity contribution in [2.24, 2.45) is 0 Å². The second-order valence-electron chi connectivity index (χ2n) is 10.2. The van der Waals surface area contributed by atoms with Crippen LogP contribution >= 0.6 is 0 Å². The van der Waals surface area contributed by atoms with E-state index in [1.54, 1.807) is 23.1 Å². The fraction of sp³-hybridized carbons (Fsp3) is 0.310. The number of rotatable bonds is 2. The molecule has 1 N–H and O–H groups in total. The number of pyridine rings is 1. The molecule has 0 saturated heterocycles. The number of methoxy groups -OCH3 is 1. The molecule has 1 fully saturated rings. The Morgan fingerprint density at radius 2 is 1.85 bits per heavy atom. The van der Waals surface area contributed by atoms with Crippen molar-refractivity contribution in [2.45, 2.75) is 37.5 Å². The van der Waals surface area contributed by atoms with Crippen molar-refractivity contribution in [3.05, 3.63) is 105 Å². The molecular weight excluding hydrogens is 508 g/mol. The zero-order valence-electron chi connectivity index (χ0n) is 21.4. The molecule has 3 heterocycles. The van der Waals surface area contributed by atoms with Crippen LogP contribution in [0.3, 0.4) is 0 Å². The monoisotopic (exact) mass is 535 g/mol. The number of aromatic nitrogens is 1. The first-order chi connectivity index (χ1) is 18.8. The molecule has 1 amide bonds. The van der Waals surface area contributed by atoms with Gasteiger partial charge < -0.3 is 19.5 Å². The van der Waals surface area contributed by atoms with E-state index in [2.05, 4.69) is 0 Å². The van der Waals surface area contributed by atoms with Gasteiger partial charge in [0.25, 0.3) is 5.91 Å². The number of ether oxygens (including phenoxy) is 2. The lowest BCUT2D eigenvalue weighted by atomic mass is 9.72. The molecule has 2 aliphatic heterocycles. The summed E-state index contributed by atoms with van der Waals surface area (Å²) in [5.41, 5.74) is 0.229. The topological polar surface area (TPSA) is 84.2 Å². The molecule has 8 nitrogen and oxygen atoms in total. The molecule has 2 aromatic carbocycles. The third-order valence-electron chi connectivity index (χ3n) is 8.01. The summed E-state index contributed by atoms with van der Waals surface area (Å²) in [4.78, 5) is 28.1. The molecule has 1 aromatic heterocycles. The van der Waals surface area contributed by atoms with Crippen LogP contribution < -0.4 is 15.2 Å². The van der Waals surface area contributed by atoms with E-state index in [0.717, 1.165) is 17.2 Å². The average Bonchev–Trinajstić information content (AvgIpc) is 2.92. The molecule has 1 atom stereocenters. The van der Waals surface area contributed by atoms with E-state index in [0.29, 0.717) is 18.4 Å². The summed E-state index contributed by atoms with van der Waals surface area (Å²) in [7, 11) is 1.60. The van der Waals surface area contributed by atoms with Crippen LogP contribution in [0.5, 0.6) is 11.5 Å². The summed E-state index contributed by atoms with van der Waals surface area (Å²) < 4.78 is 42.7. The van der Waals surface area contributed by atoms with E-state index < -0.39 is 40.3 Å². The van der Waals surface area contributed by atoms with Crippen LogP contribution in [-0.4, -0.2) is 52.6 Å². The number of carbonyl (C=O) groups is 1. The lowest BCUT2D eigenvalue weighted by Crippen LogP contribution is -2.67. The Morgan fingerprint density at radius 1 is 1.08 bits per heavy atom. The summed E-state index contributed by atoms with van der Waals surface area (Å²) in [6, 6.07) is 10.4. The van der Waals surface area contributed by atoms with Gasteiger partial charge in [0.15, 0.2) is 23.0 Å². The summed E-state index contributed by atoms with van der Waals surface area (Å²) in [5.74, 6) is -3.62. The molecule has 202 valence electrons. The van der Waals surface area contributed by atoms with Crippen LogP contribution in [0.2, 0.25) is 0 Å². The van der Waals surface area contributed by atoms with E-state index in [1.165, 1.54) is 23.0 Å². The van der Waals surface area contributed by atoms with Crippen molar-refractivity contribution in [3.8, 4) is 11.5 Å². The number of halogens is 2. The number of carbonyl (C=O) groups excluding carboxylic acids is 1. The van der Waals surface area contributed by atoms with E-state index in [-0.39, 0.29) is 30.8 Å². The first-order valence-corrected chi connectivity index (χ1v) is 12.7. The Bertz CT molecular complexity index is 1560. The Labute approximate surface area is 223 Å². The van der Waals surface area contributed by atoms with Crippen molar-refractivity contribution >= 4 is 5.91 Å². The van der Waals surface area contributed by atoms with Crippen molar-refractivity contribution in [1.82, 2.24) is 9.58 Å². The minimum Gasteiger partial charge on any atom is -0.502 e. The Hall–Kier alpha value is -4.18. The number of nitrogens with zero attached hydrogens (tertiary/aromatic N) is 3. The van der Waals surface area contributed by atoms with Crippen LogP contribution in [0.25, 0.3) is 0 Å². The first kappa shape index (κ1) is 25.1. The van der Waals surface area contributed by atoms with Crippen molar-refractivity contribution < 1.29 is 28.2 Å². The summed E-state index contributed by atoms with van der Waals surface area (Å²) in [6.45, 7) is 1.85. The van der Waals surface area contributed by atoms with Crippen LogP contribution in [0.1, 0.15) is 46.1 Å². The number of aryl methyl sites for hydroxylation is 1. The van der Waals surface area contributed by atoms with E-state index >= 15 is 4.39 Å². The molecule has 1 unspecified atom stereocenters. The fourth-order valence-corrected chi connectivity index (χ4v) is 5.92. The predicted molar refractivity (Wildman–Crippen MR) is 138 cm³/mol. The van der Waals surface area contributed by atoms with Gasteiger partial charge in [-0.05, 0) is 36.3 Å². The van der Waals surface area contributed by atoms with Gasteiger partial charge in [-0.25, -0.2) is 4.39 Å². The Kier molecular flexibility index (Phi) is 5.95. The maximum Gasteiger partial charge on any atom is 0.278 e. The number of aromatic hydroxyl groups is 1. The van der Waals surface area contributed by atoms with Gasteiger partial charge in [-0.1, -0.05) is 30.3 Å². The predicted octanol–water partition coefficient (Wildman–Crippen LogP) is 3.78. The quantitative estimate of drug-likeness (QED) is 0.503. The SMILES string of the molecule is COC1CC2(/C=C/COc3c(ccc(F)c3F)C(c3ccccc3C)N3CN2C(=O)c2c(O)c(=O)ccn23)C1. The minimum absolute atomic E-state index is 0.0202. The molecule has 10 heteroatoms. The van der Waals surface area contributed by atoms with Gasteiger partial charge in [-0.15, -0.1) is 0 Å². The van der Waals surface area contributed by atoms with E-state index in [1.807, 2.05) is 37.3 Å². The molecular formula is C29H27F2N3O5. The maximum atomic E-state index is 15.3. The number of hydrogen-bond acceptors (Lipinski definition) is 6. The minimum atomic E-state index is -1.12. The number of amides is 1. The molecule has 1 spiro atoms. The highest BCUT2D eigenvalue weighted by atomic mass is 19.2. The van der Waals surface area contributed by atoms with Crippen LogP contribution in [0, 0.1) is 18.6 Å². The lowest BCUT2D eigenvalue weighted by Gasteiger charge is -2.56. The van der Waals surface area contributed by atoms with Gasteiger partial charge in [0, 0.05) is 37.8 Å². The van der Waals surface area contributed by atoms with Gasteiger partial charge >= 0.3 is 0 Å². The number of fused-ring (bicyclic) bond motifs is 6. The standard InChI is InChI=1S/C29H27F2N3O5/c1-17-6-3-4-7-19(17)24-20-8-9-21(30)23(31)27(20)39-13-5-11-29(14-18(15-29)38-2)32-16-34(24)33-12-10-22(35)26(36)25(33)28(32)37/h3-12,18,24,36H,13-16H2,1-2H3/b11-5+. The average molecular weight is 536 g/mol. The highest BCUT2D eigenvalue weighted by molar-refractivity contribution is 5.97.